The number of hydrogen-bond acceptors (Lipinski definition) is 7. The zero-order chi connectivity index (χ0) is 21.2. The minimum Gasteiger partial charge on any atom is -0.376 e. The number of carbonyl (C=O) groups excluding carboxylic acids is 1. The fourth-order valence-corrected chi connectivity index (χ4v) is 3.85. The van der Waals surface area contributed by atoms with Crippen LogP contribution in [0.4, 0.5) is 0 Å². The van der Waals surface area contributed by atoms with E-state index in [4.69, 9.17) is 14.4 Å². The van der Waals surface area contributed by atoms with E-state index in [1.807, 2.05) is 12.3 Å². The summed E-state index contributed by atoms with van der Waals surface area (Å²) in [5, 5.41) is 13.0. The Labute approximate surface area is 180 Å². The van der Waals surface area contributed by atoms with Crippen molar-refractivity contribution in [3.8, 4) is 11.6 Å². The van der Waals surface area contributed by atoms with E-state index < -0.39 is 0 Å². The van der Waals surface area contributed by atoms with Crippen molar-refractivity contribution in [2.75, 3.05) is 20.2 Å². The molecule has 1 saturated carbocycles. The molecule has 4 heterocycles. The van der Waals surface area contributed by atoms with Crippen LogP contribution in [0.25, 0.3) is 11.6 Å². The van der Waals surface area contributed by atoms with Crippen LogP contribution >= 0.6 is 0 Å². The first-order valence-electron chi connectivity index (χ1n) is 10.9. The van der Waals surface area contributed by atoms with Gasteiger partial charge in [-0.2, -0.15) is 15.2 Å². The summed E-state index contributed by atoms with van der Waals surface area (Å²) >= 11 is 0. The second kappa shape index (κ2) is 8.62. The Hall–Kier alpha value is -3.01. The summed E-state index contributed by atoms with van der Waals surface area (Å²) in [6, 6.07) is 1.85. The first kappa shape index (κ1) is 19.9. The van der Waals surface area contributed by atoms with Crippen molar-refractivity contribution in [3.05, 3.63) is 35.5 Å². The summed E-state index contributed by atoms with van der Waals surface area (Å²) in [5.74, 6) is 1.80. The summed E-state index contributed by atoms with van der Waals surface area (Å²) in [7, 11) is 1.79. The number of aromatic nitrogens is 6. The number of aryl methyl sites for hydroxylation is 1. The molecule has 10 heteroatoms. The molecule has 0 radical (unpaired) electrons. The van der Waals surface area contributed by atoms with Crippen molar-refractivity contribution in [1.29, 1.82) is 0 Å². The first-order valence-corrected chi connectivity index (χ1v) is 10.9. The topological polar surface area (TPSA) is 104 Å². The predicted molar refractivity (Wildman–Crippen MR) is 110 cm³/mol. The van der Waals surface area contributed by atoms with Crippen molar-refractivity contribution in [1.82, 2.24) is 34.6 Å². The molecule has 10 nitrogen and oxygen atoms in total. The third-order valence-corrected chi connectivity index (χ3v) is 5.91. The van der Waals surface area contributed by atoms with Crippen molar-refractivity contribution in [2.24, 2.45) is 5.92 Å². The van der Waals surface area contributed by atoms with Crippen LogP contribution in [0.15, 0.2) is 23.0 Å². The minimum atomic E-state index is 0.0595. The molecule has 1 fully saturated rings. The van der Waals surface area contributed by atoms with E-state index in [1.54, 1.807) is 22.8 Å². The van der Waals surface area contributed by atoms with Crippen molar-refractivity contribution in [2.45, 2.75) is 51.8 Å². The van der Waals surface area contributed by atoms with E-state index in [-0.39, 0.29) is 5.91 Å². The third kappa shape index (κ3) is 4.53. The number of fused-ring (bicyclic) bond motifs is 1. The Balaban J connectivity index is 1.21. The predicted octanol–water partition coefficient (Wildman–Crippen LogP) is 1.70. The molecule has 164 valence electrons. The number of carbonyl (C=O) groups is 1. The van der Waals surface area contributed by atoms with Crippen LogP contribution in [0.2, 0.25) is 0 Å². The highest BCUT2D eigenvalue weighted by Crippen LogP contribution is 2.34. The van der Waals surface area contributed by atoms with Gasteiger partial charge in [0, 0.05) is 69.6 Å². The fraction of sp³-hybridized carbons (Fsp3) is 0.571. The van der Waals surface area contributed by atoms with Gasteiger partial charge in [0.1, 0.15) is 0 Å². The summed E-state index contributed by atoms with van der Waals surface area (Å²) in [4.78, 5) is 18.6. The molecule has 3 aromatic heterocycles. The lowest BCUT2D eigenvalue weighted by atomic mass is 10.1. The molecule has 0 aromatic carbocycles. The van der Waals surface area contributed by atoms with Gasteiger partial charge in [-0.05, 0) is 24.8 Å². The van der Waals surface area contributed by atoms with Gasteiger partial charge < -0.3 is 14.2 Å². The van der Waals surface area contributed by atoms with Gasteiger partial charge in [-0.15, -0.1) is 0 Å². The van der Waals surface area contributed by atoms with E-state index >= 15 is 0 Å². The molecule has 0 saturated heterocycles. The standard InChI is InChI=1S/C21H27N7O3/c1-26(19(29)6-11-27-9-2-8-22-27)10-5-18-23-21(31-25-18)20-16-14-30-12-7-17(16)28(24-20)13-15-3-4-15/h2,8-9,15H,3-7,10-14H2,1H3. The summed E-state index contributed by atoms with van der Waals surface area (Å²) < 4.78 is 15.1. The maximum Gasteiger partial charge on any atom is 0.278 e. The Morgan fingerprint density at radius 2 is 2.26 bits per heavy atom. The number of amides is 1. The van der Waals surface area contributed by atoms with Gasteiger partial charge in [0.15, 0.2) is 11.5 Å². The zero-order valence-corrected chi connectivity index (χ0v) is 17.7. The summed E-state index contributed by atoms with van der Waals surface area (Å²) in [6.45, 7) is 3.29. The van der Waals surface area contributed by atoms with E-state index in [9.17, 15) is 4.79 Å². The molecule has 5 rings (SSSR count). The smallest absolute Gasteiger partial charge is 0.278 e. The first-order chi connectivity index (χ1) is 15.2. The molecule has 1 amide bonds. The second-order valence-corrected chi connectivity index (χ2v) is 8.30. The number of ether oxygens (including phenoxy) is 1. The Bertz CT molecular complexity index is 1040. The van der Waals surface area contributed by atoms with Gasteiger partial charge in [-0.1, -0.05) is 5.16 Å². The van der Waals surface area contributed by atoms with Gasteiger partial charge in [-0.3, -0.25) is 14.2 Å². The lowest BCUT2D eigenvalue weighted by Gasteiger charge is -2.16. The average Bonchev–Trinajstić information content (AvgIpc) is 3.18. The van der Waals surface area contributed by atoms with Crippen molar-refractivity contribution >= 4 is 5.91 Å². The summed E-state index contributed by atoms with van der Waals surface area (Å²) in [5.41, 5.74) is 3.03. The molecular weight excluding hydrogens is 398 g/mol. The molecule has 0 atom stereocenters. The SMILES string of the molecule is CN(CCc1noc(-c2nn(CC3CC3)c3c2COCC3)n1)C(=O)CCn1cccn1. The van der Waals surface area contributed by atoms with Crippen LogP contribution in [0, 0.1) is 5.92 Å². The van der Waals surface area contributed by atoms with E-state index in [0.29, 0.717) is 44.3 Å². The molecule has 0 bridgehead atoms. The lowest BCUT2D eigenvalue weighted by Crippen LogP contribution is -2.29. The number of hydrogen-bond donors (Lipinski definition) is 0. The molecule has 1 aliphatic carbocycles. The van der Waals surface area contributed by atoms with Crippen molar-refractivity contribution < 1.29 is 14.1 Å². The lowest BCUT2D eigenvalue weighted by molar-refractivity contribution is -0.130. The molecule has 3 aromatic rings. The Morgan fingerprint density at radius 1 is 1.35 bits per heavy atom. The average molecular weight is 425 g/mol. The van der Waals surface area contributed by atoms with Crippen LogP contribution in [-0.2, 0) is 42.1 Å². The van der Waals surface area contributed by atoms with Gasteiger partial charge >= 0.3 is 0 Å². The molecule has 31 heavy (non-hydrogen) atoms. The minimum absolute atomic E-state index is 0.0595. The zero-order valence-electron chi connectivity index (χ0n) is 17.7. The molecule has 2 aliphatic rings. The van der Waals surface area contributed by atoms with E-state index in [1.165, 1.54) is 18.5 Å². The highest BCUT2D eigenvalue weighted by molar-refractivity contribution is 5.75. The van der Waals surface area contributed by atoms with Crippen LogP contribution in [-0.4, -0.2) is 60.7 Å². The second-order valence-electron chi connectivity index (χ2n) is 8.30. The maximum absolute atomic E-state index is 12.3. The highest BCUT2D eigenvalue weighted by Gasteiger charge is 2.29. The molecule has 1 aliphatic heterocycles. The number of nitrogens with zero attached hydrogens (tertiary/aromatic N) is 7. The van der Waals surface area contributed by atoms with Gasteiger partial charge in [0.25, 0.3) is 5.89 Å². The fourth-order valence-electron chi connectivity index (χ4n) is 3.85. The van der Waals surface area contributed by atoms with Crippen molar-refractivity contribution in [3.63, 3.8) is 0 Å². The molecule has 0 unspecified atom stereocenters. The van der Waals surface area contributed by atoms with Crippen LogP contribution in [0.5, 0.6) is 0 Å². The Morgan fingerprint density at radius 3 is 3.06 bits per heavy atom. The van der Waals surface area contributed by atoms with Crippen LogP contribution in [0.1, 0.15) is 36.3 Å². The molecule has 0 spiro atoms. The van der Waals surface area contributed by atoms with Gasteiger partial charge in [0.2, 0.25) is 5.91 Å². The number of rotatable bonds is 9. The quantitative estimate of drug-likeness (QED) is 0.514. The van der Waals surface area contributed by atoms with E-state index in [2.05, 4.69) is 19.9 Å². The van der Waals surface area contributed by atoms with Crippen LogP contribution in [0.3, 0.4) is 0 Å². The highest BCUT2D eigenvalue weighted by atomic mass is 16.5. The van der Waals surface area contributed by atoms with Gasteiger partial charge in [0.05, 0.1) is 13.2 Å². The molecular formula is C21H27N7O3. The largest absolute Gasteiger partial charge is 0.376 e. The Kier molecular flexibility index (Phi) is 5.54. The molecule has 0 N–H and O–H groups in total. The van der Waals surface area contributed by atoms with Gasteiger partial charge in [-0.25, -0.2) is 0 Å². The van der Waals surface area contributed by atoms with E-state index in [0.717, 1.165) is 36.7 Å². The van der Waals surface area contributed by atoms with Crippen LogP contribution < -0.4 is 0 Å². The number of likely N-dealkylation sites (N-methyl/N-ethyl adjacent to an activating group) is 1. The third-order valence-electron chi connectivity index (χ3n) is 5.91. The monoisotopic (exact) mass is 425 g/mol. The maximum atomic E-state index is 12.3. The normalized spacial score (nSPS) is 15.8. The summed E-state index contributed by atoms with van der Waals surface area (Å²) in [6.07, 6.45) is 7.90.